The lowest BCUT2D eigenvalue weighted by molar-refractivity contribution is 0.0603. The molecule has 3 aromatic rings. The van der Waals surface area contributed by atoms with Crippen molar-refractivity contribution in [3.63, 3.8) is 0 Å². The summed E-state index contributed by atoms with van der Waals surface area (Å²) in [6, 6.07) is 10.8. The molecule has 4 nitrogen and oxygen atoms in total. The highest BCUT2D eigenvalue weighted by Gasteiger charge is 2.25. The monoisotopic (exact) mass is 391 g/mol. The number of benzene rings is 1. The number of carbonyl (C=O) groups is 2. The number of ether oxygens (including phenoxy) is 1. The molecular weight excluding hydrogens is 378 g/mol. The maximum atomic E-state index is 12.4. The van der Waals surface area contributed by atoms with Gasteiger partial charge in [-0.05, 0) is 36.1 Å². The van der Waals surface area contributed by atoms with E-state index in [4.69, 9.17) is 16.3 Å². The lowest BCUT2D eigenvalue weighted by Gasteiger charge is -2.08. The van der Waals surface area contributed by atoms with Crippen molar-refractivity contribution in [1.82, 2.24) is 0 Å². The molecule has 0 atom stereocenters. The Morgan fingerprint density at radius 2 is 2.00 bits per heavy atom. The number of amides is 1. The van der Waals surface area contributed by atoms with Crippen molar-refractivity contribution in [1.29, 1.82) is 0 Å². The van der Waals surface area contributed by atoms with Crippen molar-refractivity contribution in [3.05, 3.63) is 62.1 Å². The Balaban J connectivity index is 2.09. The van der Waals surface area contributed by atoms with Crippen LogP contribution in [-0.2, 0) is 4.74 Å². The number of halogens is 1. The van der Waals surface area contributed by atoms with E-state index in [1.165, 1.54) is 29.8 Å². The number of esters is 1. The van der Waals surface area contributed by atoms with E-state index in [-0.39, 0.29) is 5.91 Å². The highest BCUT2D eigenvalue weighted by Crippen LogP contribution is 2.41. The lowest BCUT2D eigenvalue weighted by atomic mass is 10.0. The summed E-state index contributed by atoms with van der Waals surface area (Å²) in [5, 5.41) is 5.70. The van der Waals surface area contributed by atoms with Crippen molar-refractivity contribution in [2.45, 2.75) is 6.92 Å². The summed E-state index contributed by atoms with van der Waals surface area (Å²) in [7, 11) is 1.32. The molecule has 0 bridgehead atoms. The number of nitrogens with one attached hydrogen (secondary N) is 1. The molecule has 0 aliphatic heterocycles. The molecule has 0 saturated heterocycles. The molecule has 2 aromatic heterocycles. The van der Waals surface area contributed by atoms with E-state index in [9.17, 15) is 9.59 Å². The third kappa shape index (κ3) is 3.61. The first-order valence-electron chi connectivity index (χ1n) is 7.33. The van der Waals surface area contributed by atoms with Gasteiger partial charge in [-0.3, -0.25) is 4.79 Å². The predicted molar refractivity (Wildman–Crippen MR) is 103 cm³/mol. The van der Waals surface area contributed by atoms with Crippen molar-refractivity contribution >= 4 is 51.2 Å². The van der Waals surface area contributed by atoms with Gasteiger partial charge in [0.25, 0.3) is 5.91 Å². The molecule has 0 radical (unpaired) electrons. The van der Waals surface area contributed by atoms with Crippen LogP contribution >= 0.6 is 34.3 Å². The molecule has 7 heteroatoms. The number of anilines is 1. The van der Waals surface area contributed by atoms with Crippen LogP contribution in [0.4, 0.5) is 5.00 Å². The topological polar surface area (TPSA) is 55.4 Å². The molecule has 0 fully saturated rings. The summed E-state index contributed by atoms with van der Waals surface area (Å²) in [5.74, 6) is -0.750. The zero-order valence-electron chi connectivity index (χ0n) is 13.5. The highest BCUT2D eigenvalue weighted by atomic mass is 35.5. The van der Waals surface area contributed by atoms with Crippen LogP contribution in [0.2, 0.25) is 5.02 Å². The Morgan fingerprint density at radius 1 is 1.20 bits per heavy atom. The average Bonchev–Trinajstić information content (AvgIpc) is 3.22. The van der Waals surface area contributed by atoms with Crippen LogP contribution < -0.4 is 5.32 Å². The molecule has 128 valence electrons. The van der Waals surface area contributed by atoms with Crippen LogP contribution in [0.15, 0.2) is 41.8 Å². The zero-order chi connectivity index (χ0) is 18.0. The lowest BCUT2D eigenvalue weighted by Crippen LogP contribution is -2.13. The van der Waals surface area contributed by atoms with Gasteiger partial charge in [0, 0.05) is 15.5 Å². The van der Waals surface area contributed by atoms with E-state index >= 15 is 0 Å². The van der Waals surface area contributed by atoms with Gasteiger partial charge in [-0.25, -0.2) is 4.79 Å². The first-order valence-corrected chi connectivity index (χ1v) is 9.41. The molecule has 1 amide bonds. The molecule has 0 spiro atoms. The fourth-order valence-corrected chi connectivity index (χ4v) is 4.36. The minimum atomic E-state index is -0.499. The molecule has 2 heterocycles. The molecule has 1 aromatic carbocycles. The summed E-state index contributed by atoms with van der Waals surface area (Å²) in [6.45, 7) is 1.90. The number of rotatable bonds is 4. The van der Waals surface area contributed by atoms with Gasteiger partial charge in [0.15, 0.2) is 0 Å². The number of hydrogen-bond donors (Lipinski definition) is 1. The second-order valence-corrected chi connectivity index (χ2v) is 7.78. The fraction of sp³-hybridized carbons (Fsp3) is 0.111. The number of thiophene rings is 2. The van der Waals surface area contributed by atoms with E-state index in [1.807, 2.05) is 24.4 Å². The molecule has 3 rings (SSSR count). The van der Waals surface area contributed by atoms with E-state index in [2.05, 4.69) is 5.32 Å². The number of methoxy groups -OCH3 is 1. The summed E-state index contributed by atoms with van der Waals surface area (Å²) < 4.78 is 4.94. The standard InChI is InChI=1S/C18H14ClNO3S2/c1-10-14(11-5-3-6-12(19)9-11)15(18(22)23-2)17(25-10)20-16(21)13-7-4-8-24-13/h3-9H,1-2H3,(H,20,21). The number of carbonyl (C=O) groups excluding carboxylic acids is 2. The summed E-state index contributed by atoms with van der Waals surface area (Å²) in [4.78, 5) is 26.2. The second kappa shape index (κ2) is 7.39. The van der Waals surface area contributed by atoms with Gasteiger partial charge in [-0.1, -0.05) is 29.8 Å². The molecule has 25 heavy (non-hydrogen) atoms. The second-order valence-electron chi connectivity index (χ2n) is 5.17. The maximum Gasteiger partial charge on any atom is 0.341 e. The van der Waals surface area contributed by atoms with Gasteiger partial charge < -0.3 is 10.1 Å². The summed E-state index contributed by atoms with van der Waals surface area (Å²) in [6.07, 6.45) is 0. The van der Waals surface area contributed by atoms with Gasteiger partial charge in [0.05, 0.1) is 12.0 Å². The van der Waals surface area contributed by atoms with E-state index < -0.39 is 5.97 Å². The largest absolute Gasteiger partial charge is 0.465 e. The van der Waals surface area contributed by atoms with Gasteiger partial charge in [0.2, 0.25) is 0 Å². The predicted octanol–water partition coefficient (Wildman–Crippen LogP) is 5.48. The minimum absolute atomic E-state index is 0.251. The first kappa shape index (κ1) is 17.7. The van der Waals surface area contributed by atoms with Gasteiger partial charge in [-0.15, -0.1) is 22.7 Å². The fourth-order valence-electron chi connectivity index (χ4n) is 2.49. The number of hydrogen-bond acceptors (Lipinski definition) is 5. The van der Waals surface area contributed by atoms with Gasteiger partial charge in [-0.2, -0.15) is 0 Å². The van der Waals surface area contributed by atoms with Crippen LogP contribution in [0.25, 0.3) is 11.1 Å². The Labute approximate surface area is 158 Å². The van der Waals surface area contributed by atoms with Gasteiger partial charge in [0.1, 0.15) is 10.6 Å². The van der Waals surface area contributed by atoms with Crippen LogP contribution in [0.3, 0.4) is 0 Å². The smallest absolute Gasteiger partial charge is 0.341 e. The molecule has 0 unspecified atom stereocenters. The SMILES string of the molecule is COC(=O)c1c(NC(=O)c2cccs2)sc(C)c1-c1cccc(Cl)c1. The van der Waals surface area contributed by atoms with Crippen LogP contribution in [-0.4, -0.2) is 19.0 Å². The van der Waals surface area contributed by atoms with Gasteiger partial charge >= 0.3 is 5.97 Å². The van der Waals surface area contributed by atoms with E-state index in [0.717, 1.165) is 16.0 Å². The van der Waals surface area contributed by atoms with Crippen molar-refractivity contribution in [2.24, 2.45) is 0 Å². The highest BCUT2D eigenvalue weighted by molar-refractivity contribution is 7.17. The third-order valence-electron chi connectivity index (χ3n) is 3.56. The van der Waals surface area contributed by atoms with Crippen molar-refractivity contribution < 1.29 is 14.3 Å². The average molecular weight is 392 g/mol. The van der Waals surface area contributed by atoms with Crippen LogP contribution in [0.1, 0.15) is 24.9 Å². The first-order chi connectivity index (χ1) is 12.0. The normalized spacial score (nSPS) is 10.5. The molecular formula is C18H14ClNO3S2. The zero-order valence-corrected chi connectivity index (χ0v) is 15.8. The van der Waals surface area contributed by atoms with E-state index in [1.54, 1.807) is 24.3 Å². The molecule has 0 aliphatic rings. The molecule has 0 saturated carbocycles. The minimum Gasteiger partial charge on any atom is -0.465 e. The Kier molecular flexibility index (Phi) is 5.22. The van der Waals surface area contributed by atoms with E-state index in [0.29, 0.717) is 20.5 Å². The Bertz CT molecular complexity index is 932. The number of aryl methyl sites for hydroxylation is 1. The molecule has 0 aliphatic carbocycles. The Hall–Kier alpha value is -2.15. The summed E-state index contributed by atoms with van der Waals surface area (Å²) in [5.41, 5.74) is 1.87. The Morgan fingerprint density at radius 3 is 2.64 bits per heavy atom. The van der Waals surface area contributed by atoms with Crippen molar-refractivity contribution in [3.8, 4) is 11.1 Å². The molecule has 1 N–H and O–H groups in total. The van der Waals surface area contributed by atoms with Crippen molar-refractivity contribution in [2.75, 3.05) is 12.4 Å². The maximum absolute atomic E-state index is 12.4. The summed E-state index contributed by atoms with van der Waals surface area (Å²) >= 11 is 8.77. The quantitative estimate of drug-likeness (QED) is 0.599. The van der Waals surface area contributed by atoms with Crippen LogP contribution in [0, 0.1) is 6.92 Å². The van der Waals surface area contributed by atoms with Crippen LogP contribution in [0.5, 0.6) is 0 Å². The third-order valence-corrected chi connectivity index (χ3v) is 5.68.